The number of aryl methyl sites for hydroxylation is 1. The highest BCUT2D eigenvalue weighted by molar-refractivity contribution is 5.94. The normalized spacial score (nSPS) is 13.9. The molecule has 0 saturated carbocycles. The monoisotopic (exact) mass is 382 g/mol. The van der Waals surface area contributed by atoms with Gasteiger partial charge < -0.3 is 20.4 Å². The fraction of sp³-hybridized carbons (Fsp3) is 0.476. The molecule has 1 amide bonds. The topological polar surface area (TPSA) is 73.4 Å². The molecule has 28 heavy (non-hydrogen) atoms. The molecule has 3 rings (SSSR count). The summed E-state index contributed by atoms with van der Waals surface area (Å²) in [7, 11) is 3.96. The van der Waals surface area contributed by atoms with Gasteiger partial charge in [-0.2, -0.15) is 0 Å². The van der Waals surface area contributed by atoms with E-state index in [1.54, 1.807) is 0 Å². The highest BCUT2D eigenvalue weighted by atomic mass is 16.1. The lowest BCUT2D eigenvalue weighted by Crippen LogP contribution is -2.31. The molecule has 0 spiro atoms. The van der Waals surface area contributed by atoms with Gasteiger partial charge >= 0.3 is 0 Å². The molecule has 2 N–H and O–H groups in total. The minimum absolute atomic E-state index is 0.0695. The number of rotatable bonds is 7. The molecule has 0 radical (unpaired) electrons. The van der Waals surface area contributed by atoms with Gasteiger partial charge in [0, 0.05) is 57.6 Å². The fourth-order valence-electron chi connectivity index (χ4n) is 3.31. The number of amides is 1. The van der Waals surface area contributed by atoms with Crippen LogP contribution in [0.2, 0.25) is 0 Å². The first-order chi connectivity index (χ1) is 13.5. The predicted octanol–water partition coefficient (Wildman–Crippen LogP) is 2.68. The summed E-state index contributed by atoms with van der Waals surface area (Å²) in [6, 6.07) is 9.57. The van der Waals surface area contributed by atoms with Crippen LogP contribution in [-0.2, 0) is 0 Å². The van der Waals surface area contributed by atoms with E-state index in [2.05, 4.69) is 25.5 Å². The third-order valence-electron chi connectivity index (χ3n) is 4.87. The van der Waals surface area contributed by atoms with E-state index < -0.39 is 0 Å². The van der Waals surface area contributed by atoms with Gasteiger partial charge in [0.1, 0.15) is 17.5 Å². The molecule has 7 heteroatoms. The number of carbonyl (C=O) groups excluding carboxylic acids is 1. The summed E-state index contributed by atoms with van der Waals surface area (Å²) >= 11 is 0. The molecule has 0 bridgehead atoms. The average Bonchev–Trinajstić information content (AvgIpc) is 2.71. The van der Waals surface area contributed by atoms with Crippen molar-refractivity contribution in [3.63, 3.8) is 0 Å². The van der Waals surface area contributed by atoms with Crippen LogP contribution in [0, 0.1) is 6.92 Å². The summed E-state index contributed by atoms with van der Waals surface area (Å²) in [4.78, 5) is 25.6. The zero-order valence-corrected chi connectivity index (χ0v) is 17.0. The lowest BCUT2D eigenvalue weighted by molar-refractivity contribution is 0.0955. The fourth-order valence-corrected chi connectivity index (χ4v) is 3.31. The molecule has 1 aliphatic heterocycles. The molecule has 2 heterocycles. The molecule has 0 unspecified atom stereocenters. The lowest BCUT2D eigenvalue weighted by Gasteiger charge is -2.28. The summed E-state index contributed by atoms with van der Waals surface area (Å²) in [5.74, 6) is 2.48. The molecule has 0 aliphatic carbocycles. The molecular weight excluding hydrogens is 352 g/mol. The number of anilines is 3. The van der Waals surface area contributed by atoms with Gasteiger partial charge in [0.05, 0.1) is 0 Å². The summed E-state index contributed by atoms with van der Waals surface area (Å²) < 4.78 is 0. The molecule has 7 nitrogen and oxygen atoms in total. The maximum atomic E-state index is 12.3. The molecular formula is C21H30N6O. The number of nitrogens with zero attached hydrogens (tertiary/aromatic N) is 4. The number of carbonyl (C=O) groups is 1. The van der Waals surface area contributed by atoms with Crippen LogP contribution >= 0.6 is 0 Å². The Morgan fingerprint density at radius 1 is 1.07 bits per heavy atom. The summed E-state index contributed by atoms with van der Waals surface area (Å²) in [5, 5.41) is 6.24. The number of nitrogens with one attached hydrogen (secondary N) is 2. The Balaban J connectivity index is 1.49. The van der Waals surface area contributed by atoms with E-state index in [1.807, 2.05) is 56.3 Å². The van der Waals surface area contributed by atoms with Crippen molar-refractivity contribution in [2.24, 2.45) is 0 Å². The highest BCUT2D eigenvalue weighted by Crippen LogP contribution is 2.20. The van der Waals surface area contributed by atoms with Gasteiger partial charge in [-0.1, -0.05) is 0 Å². The first-order valence-electron chi connectivity index (χ1n) is 9.93. The van der Waals surface area contributed by atoms with Gasteiger partial charge in [0.2, 0.25) is 0 Å². The van der Waals surface area contributed by atoms with Gasteiger partial charge in [-0.3, -0.25) is 4.79 Å². The molecule has 1 saturated heterocycles. The second-order valence-corrected chi connectivity index (χ2v) is 7.33. The van der Waals surface area contributed by atoms with Gasteiger partial charge in [-0.05, 0) is 50.5 Å². The second-order valence-electron chi connectivity index (χ2n) is 7.33. The van der Waals surface area contributed by atoms with Gasteiger partial charge in [0.25, 0.3) is 5.91 Å². The Bertz CT molecular complexity index is 784. The summed E-state index contributed by atoms with van der Waals surface area (Å²) in [6.07, 6.45) is 3.73. The minimum atomic E-state index is -0.0695. The van der Waals surface area contributed by atoms with Crippen LogP contribution < -0.4 is 20.4 Å². The average molecular weight is 383 g/mol. The van der Waals surface area contributed by atoms with E-state index in [1.165, 1.54) is 19.3 Å². The van der Waals surface area contributed by atoms with Gasteiger partial charge in [0.15, 0.2) is 0 Å². The highest BCUT2D eigenvalue weighted by Gasteiger charge is 2.13. The van der Waals surface area contributed by atoms with E-state index in [4.69, 9.17) is 0 Å². The standard InChI is InChI=1S/C21H30N6O/c1-16-24-19(15-20(25-16)27-13-5-4-6-14-27)22-11-12-23-21(28)17-7-9-18(10-8-17)26(2)3/h7-10,15H,4-6,11-14H2,1-3H3,(H,23,28)(H,22,24,25). The Morgan fingerprint density at radius 2 is 1.79 bits per heavy atom. The number of benzene rings is 1. The third kappa shape index (κ3) is 5.34. The van der Waals surface area contributed by atoms with Crippen molar-refractivity contribution in [3.8, 4) is 0 Å². The van der Waals surface area contributed by atoms with Crippen LogP contribution in [0.1, 0.15) is 35.4 Å². The third-order valence-corrected chi connectivity index (χ3v) is 4.87. The molecule has 2 aromatic rings. The predicted molar refractivity (Wildman–Crippen MR) is 114 cm³/mol. The largest absolute Gasteiger partial charge is 0.378 e. The van der Waals surface area contributed by atoms with Crippen LogP contribution in [0.25, 0.3) is 0 Å². The second kappa shape index (κ2) is 9.39. The summed E-state index contributed by atoms with van der Waals surface area (Å²) in [5.41, 5.74) is 1.73. The van der Waals surface area contributed by atoms with Crippen molar-refractivity contribution in [1.82, 2.24) is 15.3 Å². The zero-order valence-electron chi connectivity index (χ0n) is 17.0. The number of hydrogen-bond acceptors (Lipinski definition) is 6. The molecule has 1 aromatic heterocycles. The molecule has 1 aromatic carbocycles. The molecule has 0 atom stereocenters. The Labute approximate surface area is 167 Å². The minimum Gasteiger partial charge on any atom is -0.378 e. The van der Waals surface area contributed by atoms with E-state index >= 15 is 0 Å². The first-order valence-corrected chi connectivity index (χ1v) is 9.93. The lowest BCUT2D eigenvalue weighted by atomic mass is 10.1. The van der Waals surface area contributed by atoms with Crippen LogP contribution in [0.5, 0.6) is 0 Å². The van der Waals surface area contributed by atoms with Gasteiger partial charge in [-0.15, -0.1) is 0 Å². The van der Waals surface area contributed by atoms with Gasteiger partial charge in [-0.25, -0.2) is 9.97 Å². The van der Waals surface area contributed by atoms with Crippen molar-refractivity contribution >= 4 is 23.2 Å². The van der Waals surface area contributed by atoms with E-state index in [9.17, 15) is 4.79 Å². The maximum Gasteiger partial charge on any atom is 0.251 e. The van der Waals surface area contributed by atoms with Crippen molar-refractivity contribution in [3.05, 3.63) is 41.7 Å². The number of hydrogen-bond donors (Lipinski definition) is 2. The molecule has 1 fully saturated rings. The first kappa shape index (κ1) is 19.9. The Kier molecular flexibility index (Phi) is 6.68. The van der Waals surface area contributed by atoms with Crippen LogP contribution in [-0.4, -0.2) is 56.1 Å². The Morgan fingerprint density at radius 3 is 2.46 bits per heavy atom. The zero-order chi connectivity index (χ0) is 19.9. The van der Waals surface area contributed by atoms with Crippen molar-refractivity contribution in [1.29, 1.82) is 0 Å². The smallest absolute Gasteiger partial charge is 0.251 e. The van der Waals surface area contributed by atoms with Crippen molar-refractivity contribution in [2.75, 3.05) is 55.4 Å². The van der Waals surface area contributed by atoms with Crippen molar-refractivity contribution in [2.45, 2.75) is 26.2 Å². The molecule has 1 aliphatic rings. The maximum absolute atomic E-state index is 12.3. The van der Waals surface area contributed by atoms with E-state index in [0.717, 1.165) is 36.2 Å². The van der Waals surface area contributed by atoms with Crippen LogP contribution in [0.3, 0.4) is 0 Å². The number of aromatic nitrogens is 2. The Hall–Kier alpha value is -2.83. The number of piperidine rings is 1. The summed E-state index contributed by atoms with van der Waals surface area (Å²) in [6.45, 7) is 5.16. The SMILES string of the molecule is Cc1nc(NCCNC(=O)c2ccc(N(C)C)cc2)cc(N2CCCCC2)n1. The van der Waals surface area contributed by atoms with Crippen LogP contribution in [0.15, 0.2) is 30.3 Å². The quantitative estimate of drug-likeness (QED) is 0.718. The molecule has 150 valence electrons. The van der Waals surface area contributed by atoms with Crippen LogP contribution in [0.4, 0.5) is 17.3 Å². The van der Waals surface area contributed by atoms with E-state index in [-0.39, 0.29) is 5.91 Å². The van der Waals surface area contributed by atoms with Crippen molar-refractivity contribution < 1.29 is 4.79 Å². The van der Waals surface area contributed by atoms with E-state index in [0.29, 0.717) is 18.7 Å².